The predicted octanol–water partition coefficient (Wildman–Crippen LogP) is 17.6. The Bertz CT molecular complexity index is 3900. The van der Waals surface area contributed by atoms with Gasteiger partial charge in [0.1, 0.15) is 0 Å². The van der Waals surface area contributed by atoms with Gasteiger partial charge in [0.25, 0.3) is 0 Å². The first-order valence-corrected chi connectivity index (χ1v) is 26.1. The van der Waals surface area contributed by atoms with Gasteiger partial charge in [0.15, 0.2) is 0 Å². The monoisotopic (exact) mass is 935 g/mol. The van der Waals surface area contributed by atoms with E-state index in [0.29, 0.717) is 0 Å². The molecule has 5 heteroatoms. The van der Waals surface area contributed by atoms with Crippen molar-refractivity contribution in [1.82, 2.24) is 4.48 Å². The van der Waals surface area contributed by atoms with Crippen LogP contribution in [0.5, 0.6) is 0 Å². The Morgan fingerprint density at radius 3 is 1.69 bits per heavy atom. The number of benzene rings is 9. The Kier molecular flexibility index (Phi) is 9.58. The van der Waals surface area contributed by atoms with Crippen LogP contribution in [-0.2, 0) is 16.2 Å². The maximum Gasteiger partial charge on any atom is 0.333 e. The lowest BCUT2D eigenvalue weighted by Crippen LogP contribution is -2.56. The first kappa shape index (κ1) is 43.7. The van der Waals surface area contributed by atoms with E-state index in [1.54, 1.807) is 0 Å². The Hall–Kier alpha value is -7.34. The highest BCUT2D eigenvalue weighted by atomic mass is 32.1. The van der Waals surface area contributed by atoms with E-state index in [1.807, 2.05) is 11.3 Å². The Morgan fingerprint density at radius 2 is 1.01 bits per heavy atom. The number of para-hydroxylation sites is 2. The fourth-order valence-electron chi connectivity index (χ4n) is 11.7. The van der Waals surface area contributed by atoms with Gasteiger partial charge in [-0.1, -0.05) is 159 Å². The summed E-state index contributed by atoms with van der Waals surface area (Å²) < 4.78 is 5.42. The number of hydrogen-bond acceptors (Lipinski definition) is 3. The molecule has 2 aromatic heterocycles. The lowest BCUT2D eigenvalue weighted by Gasteiger charge is -2.42. The Balaban J connectivity index is 1.23. The average Bonchev–Trinajstić information content (AvgIpc) is 3.91. The summed E-state index contributed by atoms with van der Waals surface area (Å²) in [6.07, 6.45) is 0. The predicted molar refractivity (Wildman–Crippen MR) is 309 cm³/mol. The molecule has 2 aliphatic rings. The highest BCUT2D eigenvalue weighted by molar-refractivity contribution is 7.26. The van der Waals surface area contributed by atoms with Gasteiger partial charge in [-0.25, -0.2) is 0 Å². The number of aromatic nitrogens is 1. The van der Waals surface area contributed by atoms with Crippen molar-refractivity contribution in [1.29, 1.82) is 0 Å². The number of anilines is 6. The second kappa shape index (κ2) is 15.6. The number of rotatable bonds is 5. The molecule has 71 heavy (non-hydrogen) atoms. The molecular weight excluding hydrogens is 878 g/mol. The van der Waals surface area contributed by atoms with Crippen LogP contribution in [0.1, 0.15) is 79.0 Å². The maximum absolute atomic E-state index is 2.75. The maximum atomic E-state index is 2.75. The van der Waals surface area contributed by atoms with Crippen LogP contribution < -0.4 is 20.7 Å². The van der Waals surface area contributed by atoms with Gasteiger partial charge in [-0.15, -0.1) is 11.3 Å². The van der Waals surface area contributed by atoms with Crippen LogP contribution in [0, 0.1) is 0 Å². The molecule has 0 fully saturated rings. The van der Waals surface area contributed by atoms with Crippen molar-refractivity contribution in [3.63, 3.8) is 0 Å². The topological polar surface area (TPSA) is 11.4 Å². The normalized spacial score (nSPS) is 13.4. The van der Waals surface area contributed by atoms with Crippen LogP contribution in [-0.4, -0.2) is 11.3 Å². The van der Waals surface area contributed by atoms with Gasteiger partial charge in [0.05, 0.1) is 5.69 Å². The van der Waals surface area contributed by atoms with Gasteiger partial charge in [-0.05, 0) is 140 Å². The van der Waals surface area contributed by atoms with Crippen LogP contribution in [0.25, 0.3) is 64.2 Å². The molecule has 11 aromatic rings. The smallest absolute Gasteiger partial charge is 0.333 e. The summed E-state index contributed by atoms with van der Waals surface area (Å²) in [6, 6.07) is 71.4. The number of fused-ring (bicyclic) bond motifs is 11. The molecule has 4 heterocycles. The van der Waals surface area contributed by atoms with Gasteiger partial charge in [-0.3, -0.25) is 0 Å². The van der Waals surface area contributed by atoms with Gasteiger partial charge >= 0.3 is 6.85 Å². The number of nitrogens with zero attached hydrogens (tertiary/aromatic N) is 3. The van der Waals surface area contributed by atoms with Gasteiger partial charge in [-0.2, -0.15) is 0 Å². The number of thiophene rings is 1. The minimum absolute atomic E-state index is 0.0171. The van der Waals surface area contributed by atoms with E-state index in [2.05, 4.69) is 265 Å². The summed E-state index contributed by atoms with van der Waals surface area (Å²) in [5, 5.41) is 5.27. The zero-order valence-electron chi connectivity index (χ0n) is 42.2. The van der Waals surface area contributed by atoms with Crippen LogP contribution in [0.3, 0.4) is 0 Å². The molecule has 0 atom stereocenters. The molecule has 0 amide bonds. The Labute approximate surface area is 422 Å². The first-order chi connectivity index (χ1) is 34.1. The fourth-order valence-corrected chi connectivity index (χ4v) is 12.9. The van der Waals surface area contributed by atoms with Crippen molar-refractivity contribution in [3.05, 3.63) is 205 Å². The van der Waals surface area contributed by atoms with Crippen molar-refractivity contribution in [3.8, 4) is 22.3 Å². The highest BCUT2D eigenvalue weighted by Crippen LogP contribution is 2.53. The number of hydrogen-bond donors (Lipinski definition) is 0. The molecule has 0 spiro atoms. The van der Waals surface area contributed by atoms with Gasteiger partial charge in [0, 0.05) is 87.1 Å². The quantitative estimate of drug-likeness (QED) is 0.159. The minimum atomic E-state index is -0.142. The summed E-state index contributed by atoms with van der Waals surface area (Å²) >= 11 is 1.96. The van der Waals surface area contributed by atoms with Crippen molar-refractivity contribution in [2.45, 2.75) is 78.6 Å². The first-order valence-electron chi connectivity index (χ1n) is 25.3. The van der Waals surface area contributed by atoms with E-state index in [-0.39, 0.29) is 23.1 Å². The molecule has 2 aliphatic heterocycles. The van der Waals surface area contributed by atoms with Gasteiger partial charge in [0.2, 0.25) is 0 Å². The molecule has 0 saturated heterocycles. The van der Waals surface area contributed by atoms with Crippen LogP contribution in [0.2, 0.25) is 0 Å². The van der Waals surface area contributed by atoms with E-state index in [9.17, 15) is 0 Å². The summed E-state index contributed by atoms with van der Waals surface area (Å²) in [7, 11) is 0. The summed E-state index contributed by atoms with van der Waals surface area (Å²) in [5.74, 6) is 0. The second-order valence-corrected chi connectivity index (χ2v) is 24.1. The lowest BCUT2D eigenvalue weighted by molar-refractivity contribution is 0.590. The van der Waals surface area contributed by atoms with E-state index in [4.69, 9.17) is 0 Å². The van der Waals surface area contributed by atoms with Crippen LogP contribution in [0.4, 0.5) is 34.1 Å². The van der Waals surface area contributed by atoms with Crippen LogP contribution in [0.15, 0.2) is 188 Å². The van der Waals surface area contributed by atoms with E-state index >= 15 is 0 Å². The zero-order valence-corrected chi connectivity index (χ0v) is 43.0. The van der Waals surface area contributed by atoms with Crippen molar-refractivity contribution in [2.75, 3.05) is 9.80 Å². The summed E-state index contributed by atoms with van der Waals surface area (Å²) in [4.78, 5) is 5.07. The standard InChI is InChI=1S/C66H58BN3S/c1-64(2,3)42-29-32-55(49(35-42)41-21-13-10-14-22-41)69-57-34-31-47(68(45-23-15-11-16-24-45)46-25-17-12-18-26-46)39-54(57)67-61-58(69)40-52-48-27-19-20-28-59(48)71-63(52)60(61)53-38-44(66(7,8)9)37-51-50-36-43(65(4,5)6)30-33-56(50)70(67)62(51)53/h10-40H,1-9H3. The lowest BCUT2D eigenvalue weighted by atomic mass is 9.45. The van der Waals surface area contributed by atoms with Crippen molar-refractivity contribution < 1.29 is 0 Å². The average molecular weight is 936 g/mol. The molecule has 0 unspecified atom stereocenters. The van der Waals surface area contributed by atoms with Gasteiger partial charge < -0.3 is 14.3 Å². The molecule has 0 bridgehead atoms. The second-order valence-electron chi connectivity index (χ2n) is 23.0. The summed E-state index contributed by atoms with van der Waals surface area (Å²) in [5.41, 5.74) is 21.2. The molecule has 9 aromatic carbocycles. The molecule has 0 saturated carbocycles. The molecule has 13 rings (SSSR count). The largest absolute Gasteiger partial charge is 0.375 e. The molecule has 0 N–H and O–H groups in total. The molecule has 0 radical (unpaired) electrons. The van der Waals surface area contributed by atoms with Crippen molar-refractivity contribution >= 4 is 105 Å². The van der Waals surface area contributed by atoms with E-state index in [1.165, 1.54) is 109 Å². The molecule has 346 valence electrons. The molecule has 0 aliphatic carbocycles. The third-order valence-corrected chi connectivity index (χ3v) is 16.6. The highest BCUT2D eigenvalue weighted by Gasteiger charge is 2.45. The third-order valence-electron chi connectivity index (χ3n) is 15.4. The summed E-state index contributed by atoms with van der Waals surface area (Å²) in [6.45, 7) is 21.0. The van der Waals surface area contributed by atoms with Crippen LogP contribution >= 0.6 is 11.3 Å². The van der Waals surface area contributed by atoms with E-state index < -0.39 is 0 Å². The SMILES string of the molecule is CC(C)(C)c1ccc(N2c3ccc(N(c4ccccc4)c4ccccc4)cc3B3c4c2cc2c(sc5ccccc52)c4-c2cc(C(C)(C)C)cc4c5cc(C(C)(C)C)ccc5n3c24)c(-c2ccccc2)c1. The van der Waals surface area contributed by atoms with Crippen molar-refractivity contribution in [2.24, 2.45) is 0 Å². The molecule has 3 nitrogen and oxygen atoms in total. The van der Waals surface area contributed by atoms with E-state index in [0.717, 1.165) is 17.1 Å². The molecular formula is C66H58BN3S. The fraction of sp³-hybridized carbons (Fsp3) is 0.182. The minimum Gasteiger partial charge on any atom is -0.375 e. The zero-order chi connectivity index (χ0) is 48.7. The Morgan fingerprint density at radius 1 is 0.437 bits per heavy atom. The third kappa shape index (κ3) is 6.76.